The summed E-state index contributed by atoms with van der Waals surface area (Å²) in [7, 11) is 3.40. The molecule has 6 nitrogen and oxygen atoms in total. The number of urea groups is 1. The highest BCUT2D eigenvalue weighted by Crippen LogP contribution is 2.49. The molecule has 2 aromatic rings. The van der Waals surface area contributed by atoms with Crippen LogP contribution in [0.2, 0.25) is 0 Å². The van der Waals surface area contributed by atoms with Crippen LogP contribution in [0.3, 0.4) is 0 Å². The van der Waals surface area contributed by atoms with Crippen molar-refractivity contribution < 1.29 is 14.3 Å². The molecule has 0 aromatic heterocycles. The summed E-state index contributed by atoms with van der Waals surface area (Å²) in [5, 5.41) is 0. The van der Waals surface area contributed by atoms with E-state index in [1.54, 1.807) is 14.2 Å². The zero-order valence-corrected chi connectivity index (χ0v) is 25.3. The van der Waals surface area contributed by atoms with Crippen LogP contribution in [0, 0.1) is 13.8 Å². The number of benzene rings is 2. The molecule has 0 radical (unpaired) electrons. The molecule has 0 aliphatic carbocycles. The molecule has 2 saturated heterocycles. The quantitative estimate of drug-likeness (QED) is 0.355. The van der Waals surface area contributed by atoms with Crippen LogP contribution >= 0.6 is 0 Å². The van der Waals surface area contributed by atoms with Gasteiger partial charge in [0.15, 0.2) is 0 Å². The molecule has 3 aliphatic heterocycles. The van der Waals surface area contributed by atoms with Gasteiger partial charge < -0.3 is 14.4 Å². The van der Waals surface area contributed by atoms with E-state index in [0.717, 1.165) is 56.0 Å². The van der Waals surface area contributed by atoms with Gasteiger partial charge in [-0.15, -0.1) is 0 Å². The number of fused-ring (bicyclic) bond motifs is 3. The molecule has 0 bridgehead atoms. The lowest BCUT2D eigenvalue weighted by molar-refractivity contribution is 0.0921. The summed E-state index contributed by atoms with van der Waals surface area (Å²) in [6.45, 7) is 14.8. The second kappa shape index (κ2) is 11.3. The highest BCUT2D eigenvalue weighted by atomic mass is 16.5. The number of rotatable bonds is 7. The largest absolute Gasteiger partial charge is 0.497 e. The van der Waals surface area contributed by atoms with Crippen LogP contribution in [0.1, 0.15) is 73.8 Å². The van der Waals surface area contributed by atoms with Crippen LogP contribution in [0.25, 0.3) is 0 Å². The molecule has 5 rings (SSSR count). The van der Waals surface area contributed by atoms with Gasteiger partial charge in [0, 0.05) is 49.4 Å². The molecule has 3 heterocycles. The highest BCUT2D eigenvalue weighted by Gasteiger charge is 2.55. The van der Waals surface area contributed by atoms with Crippen LogP contribution in [0.4, 0.5) is 4.79 Å². The molecule has 0 N–H and O–H groups in total. The molecule has 1 unspecified atom stereocenters. The smallest absolute Gasteiger partial charge is 0.325 e. The van der Waals surface area contributed by atoms with Crippen molar-refractivity contribution in [2.45, 2.75) is 78.4 Å². The average molecular weight is 544 g/mol. The number of allylic oxidation sites excluding steroid dienone is 2. The maximum absolute atomic E-state index is 14.2. The molecule has 6 heteroatoms. The summed E-state index contributed by atoms with van der Waals surface area (Å²) < 4.78 is 11.5. The van der Waals surface area contributed by atoms with Gasteiger partial charge in [-0.05, 0) is 64.2 Å². The van der Waals surface area contributed by atoms with Crippen LogP contribution < -0.4 is 9.47 Å². The van der Waals surface area contributed by atoms with Crippen molar-refractivity contribution in [3.8, 4) is 11.5 Å². The van der Waals surface area contributed by atoms with Crippen molar-refractivity contribution >= 4 is 6.03 Å². The van der Waals surface area contributed by atoms with E-state index < -0.39 is 0 Å². The van der Waals surface area contributed by atoms with E-state index in [1.807, 2.05) is 11.0 Å². The molecule has 0 saturated carbocycles. The van der Waals surface area contributed by atoms with Crippen molar-refractivity contribution in [3.63, 3.8) is 0 Å². The molecule has 214 valence electrons. The van der Waals surface area contributed by atoms with E-state index in [2.05, 4.69) is 80.8 Å². The zero-order valence-electron chi connectivity index (χ0n) is 25.3. The van der Waals surface area contributed by atoms with Gasteiger partial charge in [0.1, 0.15) is 11.5 Å². The third kappa shape index (κ3) is 5.14. The van der Waals surface area contributed by atoms with Crippen LogP contribution in [-0.2, 0) is 13.1 Å². The second-order valence-electron chi connectivity index (χ2n) is 12.0. The second-order valence-corrected chi connectivity index (χ2v) is 12.0. The standard InChI is InChI=1S/C34H45N3O3/c1-8-27-19-31-34(10-13-35(14-11-34)21-26-16-24(4)15-25(5)17-26)37(12-9-23(2)3)33(38)36(31)22-28-18-29(39-6)20-30(40-7)32(27)28/h9,15-20,27H,8,10-14,21-22H2,1-7H3. The number of aryl methyl sites for hydroxylation is 2. The Morgan fingerprint density at radius 1 is 1.02 bits per heavy atom. The number of hydrogen-bond acceptors (Lipinski definition) is 4. The molecule has 2 fully saturated rings. The number of ether oxygens (including phenoxy) is 2. The summed E-state index contributed by atoms with van der Waals surface area (Å²) >= 11 is 0. The Morgan fingerprint density at radius 2 is 1.73 bits per heavy atom. The van der Waals surface area contributed by atoms with Crippen LogP contribution in [0.15, 0.2) is 53.8 Å². The predicted octanol–water partition coefficient (Wildman–Crippen LogP) is 6.95. The lowest BCUT2D eigenvalue weighted by Gasteiger charge is -2.44. The molecule has 2 aromatic carbocycles. The lowest BCUT2D eigenvalue weighted by Crippen LogP contribution is -2.53. The van der Waals surface area contributed by atoms with E-state index in [-0.39, 0.29) is 17.5 Å². The van der Waals surface area contributed by atoms with E-state index in [1.165, 1.54) is 33.5 Å². The summed E-state index contributed by atoms with van der Waals surface area (Å²) in [6, 6.07) is 11.0. The number of nitrogens with zero attached hydrogens (tertiary/aromatic N) is 3. The molecular formula is C34H45N3O3. The van der Waals surface area contributed by atoms with Crippen molar-refractivity contribution in [1.29, 1.82) is 0 Å². The van der Waals surface area contributed by atoms with Gasteiger partial charge in [-0.25, -0.2) is 4.79 Å². The maximum Gasteiger partial charge on any atom is 0.325 e. The van der Waals surface area contributed by atoms with Crippen molar-refractivity contribution in [2.24, 2.45) is 0 Å². The minimum atomic E-state index is -0.311. The van der Waals surface area contributed by atoms with Gasteiger partial charge in [-0.1, -0.05) is 54.0 Å². The first-order chi connectivity index (χ1) is 19.2. The number of piperidine rings is 1. The van der Waals surface area contributed by atoms with Crippen molar-refractivity contribution in [3.05, 3.63) is 81.6 Å². The van der Waals surface area contributed by atoms with Gasteiger partial charge >= 0.3 is 6.03 Å². The maximum atomic E-state index is 14.2. The first-order valence-corrected chi connectivity index (χ1v) is 14.7. The molecule has 2 amide bonds. The van der Waals surface area contributed by atoms with E-state index >= 15 is 0 Å². The molecule has 1 atom stereocenters. The van der Waals surface area contributed by atoms with E-state index in [4.69, 9.17) is 9.47 Å². The Labute approximate surface area is 240 Å². The van der Waals surface area contributed by atoms with Gasteiger partial charge in [0.2, 0.25) is 0 Å². The minimum absolute atomic E-state index is 0.107. The van der Waals surface area contributed by atoms with Crippen LogP contribution in [0.5, 0.6) is 11.5 Å². The topological polar surface area (TPSA) is 45.3 Å². The lowest BCUT2D eigenvalue weighted by atomic mass is 9.81. The summed E-state index contributed by atoms with van der Waals surface area (Å²) in [5.74, 6) is 1.76. The van der Waals surface area contributed by atoms with Gasteiger partial charge in [0.25, 0.3) is 0 Å². The fraction of sp³-hybridized carbons (Fsp3) is 0.500. The van der Waals surface area contributed by atoms with Gasteiger partial charge in [0.05, 0.1) is 26.3 Å². The van der Waals surface area contributed by atoms with Gasteiger partial charge in [-0.2, -0.15) is 0 Å². The minimum Gasteiger partial charge on any atom is -0.497 e. The number of carbonyl (C=O) groups excluding carboxylic acids is 1. The fourth-order valence-corrected chi connectivity index (χ4v) is 7.03. The number of methoxy groups -OCH3 is 2. The van der Waals surface area contributed by atoms with E-state index in [9.17, 15) is 4.79 Å². The Hall–Kier alpha value is -3.25. The van der Waals surface area contributed by atoms with Crippen molar-refractivity contribution in [2.75, 3.05) is 33.9 Å². The molecule has 40 heavy (non-hydrogen) atoms. The number of hydrogen-bond donors (Lipinski definition) is 0. The summed E-state index contributed by atoms with van der Waals surface area (Å²) in [6.07, 6.45) is 7.38. The Balaban J connectivity index is 1.52. The van der Waals surface area contributed by atoms with Crippen LogP contribution in [-0.4, -0.2) is 60.1 Å². The Morgan fingerprint density at radius 3 is 2.33 bits per heavy atom. The first-order valence-electron chi connectivity index (χ1n) is 14.7. The summed E-state index contributed by atoms with van der Waals surface area (Å²) in [4.78, 5) is 21.0. The third-order valence-corrected chi connectivity index (χ3v) is 8.95. The van der Waals surface area contributed by atoms with E-state index in [0.29, 0.717) is 13.1 Å². The number of carbonyl (C=O) groups is 1. The van der Waals surface area contributed by atoms with Gasteiger partial charge in [-0.3, -0.25) is 9.80 Å². The highest BCUT2D eigenvalue weighted by molar-refractivity contribution is 5.83. The zero-order chi connectivity index (χ0) is 28.6. The predicted molar refractivity (Wildman–Crippen MR) is 161 cm³/mol. The summed E-state index contributed by atoms with van der Waals surface area (Å²) in [5.41, 5.74) is 8.38. The van der Waals surface area contributed by atoms with Crippen molar-refractivity contribution in [1.82, 2.24) is 14.7 Å². The number of amides is 2. The molecular weight excluding hydrogens is 498 g/mol. The SMILES string of the molecule is CCC1C=C2N(Cc3cc(OC)cc(OC)c31)C(=O)N(CC=C(C)C)C21CCN(Cc2cc(C)cc(C)c2)CC1. The molecule has 1 spiro atoms. The Kier molecular flexibility index (Phi) is 8.01. The first kappa shape index (κ1) is 28.3. The molecule has 3 aliphatic rings. The fourth-order valence-electron chi connectivity index (χ4n) is 7.03. The third-order valence-electron chi connectivity index (χ3n) is 8.95. The monoisotopic (exact) mass is 543 g/mol. The Bertz CT molecular complexity index is 1310. The normalized spacial score (nSPS) is 20.1. The number of likely N-dealkylation sites (tertiary alicyclic amines) is 1. The average Bonchev–Trinajstić information content (AvgIpc) is 3.03.